The lowest BCUT2D eigenvalue weighted by Gasteiger charge is -1.90. The SMILES string of the molecule is CCC1=NNNN1.[HH]. The Labute approximate surface area is 43.4 Å². The number of hydrazone groups is 1. The number of hydrogen-bond acceptors (Lipinski definition) is 4. The van der Waals surface area contributed by atoms with Crippen LogP contribution in [0, 0.1) is 0 Å². The maximum Gasteiger partial charge on any atom is 0.139 e. The van der Waals surface area contributed by atoms with Gasteiger partial charge in [0.05, 0.1) is 0 Å². The second-order valence-electron chi connectivity index (χ2n) is 1.27. The van der Waals surface area contributed by atoms with Gasteiger partial charge in [-0.15, -0.1) is 10.6 Å². The molecule has 0 amide bonds. The molecule has 0 radical (unpaired) electrons. The molecule has 0 fully saturated rings. The molecule has 0 saturated carbocycles. The van der Waals surface area contributed by atoms with Crippen LogP contribution in [0.25, 0.3) is 0 Å². The number of nitrogens with one attached hydrogen (secondary N) is 3. The zero-order valence-corrected chi connectivity index (χ0v) is 4.15. The minimum atomic E-state index is 0. The summed E-state index contributed by atoms with van der Waals surface area (Å²) in [6, 6.07) is 0. The maximum absolute atomic E-state index is 3.80. The molecule has 0 aromatic carbocycles. The zero-order valence-electron chi connectivity index (χ0n) is 4.15. The molecule has 1 aliphatic heterocycles. The first-order valence-electron chi connectivity index (χ1n) is 2.26. The highest BCUT2D eigenvalue weighted by molar-refractivity contribution is 5.81. The van der Waals surface area contributed by atoms with Gasteiger partial charge in [-0.3, -0.25) is 5.43 Å². The first kappa shape index (κ1) is 4.39. The van der Waals surface area contributed by atoms with Crippen molar-refractivity contribution in [1.82, 2.24) is 16.5 Å². The molecule has 42 valence electrons. The summed E-state index contributed by atoms with van der Waals surface area (Å²) in [5.74, 6) is 0.944. The molecule has 3 N–H and O–H groups in total. The number of nitrogens with zero attached hydrogens (tertiary/aromatic N) is 1. The predicted molar refractivity (Wildman–Crippen MR) is 29.2 cm³/mol. The van der Waals surface area contributed by atoms with Gasteiger partial charge in [0.15, 0.2) is 0 Å². The van der Waals surface area contributed by atoms with Gasteiger partial charge in [-0.05, 0) is 0 Å². The lowest BCUT2D eigenvalue weighted by Crippen LogP contribution is -2.34. The molecule has 0 aromatic heterocycles. The average molecular weight is 102 g/mol. The first-order chi connectivity index (χ1) is 3.43. The largest absolute Gasteiger partial charge is 0.289 e. The van der Waals surface area contributed by atoms with Crippen molar-refractivity contribution in [3.05, 3.63) is 0 Å². The molecule has 0 unspecified atom stereocenters. The first-order valence-corrected chi connectivity index (χ1v) is 2.26. The quantitative estimate of drug-likeness (QED) is 0.421. The van der Waals surface area contributed by atoms with Crippen molar-refractivity contribution < 1.29 is 1.43 Å². The van der Waals surface area contributed by atoms with Crippen molar-refractivity contribution in [2.75, 3.05) is 0 Å². The third kappa shape index (κ3) is 0.806. The summed E-state index contributed by atoms with van der Waals surface area (Å²) in [6.45, 7) is 2.03. The van der Waals surface area contributed by atoms with Gasteiger partial charge in [0, 0.05) is 7.85 Å². The van der Waals surface area contributed by atoms with Gasteiger partial charge in [0.2, 0.25) is 0 Å². The summed E-state index contributed by atoms with van der Waals surface area (Å²) in [5.41, 5.74) is 7.96. The lowest BCUT2D eigenvalue weighted by molar-refractivity contribution is 0.576. The molecule has 0 aromatic rings. The van der Waals surface area contributed by atoms with Gasteiger partial charge >= 0.3 is 0 Å². The predicted octanol–water partition coefficient (Wildman–Crippen LogP) is -0.432. The molecule has 0 aliphatic carbocycles. The summed E-state index contributed by atoms with van der Waals surface area (Å²) in [4.78, 5) is 0. The van der Waals surface area contributed by atoms with Crippen LogP contribution in [0.1, 0.15) is 14.8 Å². The fourth-order valence-corrected chi connectivity index (χ4v) is 0.391. The molecule has 1 rings (SSSR count). The Kier molecular flexibility index (Phi) is 1.12. The topological polar surface area (TPSA) is 48.5 Å². The normalized spacial score (nSPS) is 17.6. The van der Waals surface area contributed by atoms with Crippen molar-refractivity contribution in [3.8, 4) is 0 Å². The van der Waals surface area contributed by atoms with Crippen molar-refractivity contribution in [1.29, 1.82) is 0 Å². The van der Waals surface area contributed by atoms with Gasteiger partial charge in [0.1, 0.15) is 5.84 Å². The number of rotatable bonds is 1. The number of amidine groups is 1. The Hall–Kier alpha value is -0.770. The van der Waals surface area contributed by atoms with E-state index in [-0.39, 0.29) is 1.43 Å². The van der Waals surface area contributed by atoms with Crippen LogP contribution in [0.2, 0.25) is 0 Å². The second kappa shape index (κ2) is 1.79. The average Bonchev–Trinajstić information content (AvgIpc) is 2.14. The van der Waals surface area contributed by atoms with E-state index in [1.165, 1.54) is 0 Å². The molecule has 0 spiro atoms. The van der Waals surface area contributed by atoms with Gasteiger partial charge in [-0.25, -0.2) is 5.53 Å². The molecular formula is C3H10N4. The van der Waals surface area contributed by atoms with Crippen LogP contribution in [0.4, 0.5) is 0 Å². The van der Waals surface area contributed by atoms with Gasteiger partial charge in [0.25, 0.3) is 0 Å². The lowest BCUT2D eigenvalue weighted by atomic mass is 10.5. The van der Waals surface area contributed by atoms with Crippen LogP contribution in [0.5, 0.6) is 0 Å². The van der Waals surface area contributed by atoms with Crippen LogP contribution in [-0.2, 0) is 0 Å². The van der Waals surface area contributed by atoms with Gasteiger partial charge in [-0.1, -0.05) is 6.92 Å². The van der Waals surface area contributed by atoms with E-state index in [1.807, 2.05) is 6.92 Å². The Morgan fingerprint density at radius 2 is 2.71 bits per heavy atom. The summed E-state index contributed by atoms with van der Waals surface area (Å²) in [5, 5.41) is 3.80. The van der Waals surface area contributed by atoms with E-state index in [2.05, 4.69) is 21.6 Å². The van der Waals surface area contributed by atoms with Crippen molar-refractivity contribution in [2.24, 2.45) is 5.10 Å². The molecule has 0 saturated heterocycles. The van der Waals surface area contributed by atoms with E-state index in [1.54, 1.807) is 0 Å². The standard InChI is InChI=1S/C3H8N4.H2/c1-2-3-4-6-7-5-3;/h6-7H,2H2,1H3,(H,4,5);1H. The van der Waals surface area contributed by atoms with Gasteiger partial charge < -0.3 is 0 Å². The van der Waals surface area contributed by atoms with Crippen LogP contribution in [0.15, 0.2) is 5.10 Å². The van der Waals surface area contributed by atoms with E-state index in [9.17, 15) is 0 Å². The van der Waals surface area contributed by atoms with Crippen molar-refractivity contribution in [3.63, 3.8) is 0 Å². The minimum absolute atomic E-state index is 0. The van der Waals surface area contributed by atoms with Gasteiger partial charge in [-0.2, -0.15) is 0 Å². The fraction of sp³-hybridized carbons (Fsp3) is 0.667. The second-order valence-corrected chi connectivity index (χ2v) is 1.27. The number of hydrazine groups is 2. The molecule has 4 heteroatoms. The summed E-state index contributed by atoms with van der Waals surface area (Å²) >= 11 is 0. The minimum Gasteiger partial charge on any atom is -0.289 e. The van der Waals surface area contributed by atoms with Crippen molar-refractivity contribution in [2.45, 2.75) is 13.3 Å². The zero-order chi connectivity index (χ0) is 5.11. The van der Waals surface area contributed by atoms with Crippen LogP contribution in [-0.4, -0.2) is 5.84 Å². The van der Waals surface area contributed by atoms with Crippen LogP contribution >= 0.6 is 0 Å². The third-order valence-corrected chi connectivity index (χ3v) is 0.788. The highest BCUT2D eigenvalue weighted by atomic mass is 15.8. The monoisotopic (exact) mass is 102 g/mol. The molecule has 0 bridgehead atoms. The smallest absolute Gasteiger partial charge is 0.139 e. The van der Waals surface area contributed by atoms with E-state index in [4.69, 9.17) is 0 Å². The van der Waals surface area contributed by atoms with E-state index in [0.29, 0.717) is 0 Å². The fourth-order valence-electron chi connectivity index (χ4n) is 0.391. The van der Waals surface area contributed by atoms with E-state index in [0.717, 1.165) is 12.3 Å². The van der Waals surface area contributed by atoms with Crippen LogP contribution in [0.3, 0.4) is 0 Å². The highest BCUT2D eigenvalue weighted by Gasteiger charge is 1.96. The van der Waals surface area contributed by atoms with Crippen LogP contribution < -0.4 is 16.5 Å². The number of hydrogen-bond donors (Lipinski definition) is 3. The Bertz CT molecular complexity index is 91.3. The van der Waals surface area contributed by atoms with E-state index < -0.39 is 0 Å². The summed E-state index contributed by atoms with van der Waals surface area (Å²) < 4.78 is 0. The molecule has 0 atom stereocenters. The molecule has 7 heavy (non-hydrogen) atoms. The molecule has 4 nitrogen and oxygen atoms in total. The molecule has 1 aliphatic rings. The maximum atomic E-state index is 3.80. The third-order valence-electron chi connectivity index (χ3n) is 0.788. The Morgan fingerprint density at radius 3 is 3.00 bits per heavy atom. The molecule has 1 heterocycles. The highest BCUT2D eigenvalue weighted by Crippen LogP contribution is 1.78. The van der Waals surface area contributed by atoms with Crippen molar-refractivity contribution >= 4 is 5.84 Å². The Balaban J connectivity index is 0.000000490. The Morgan fingerprint density at radius 1 is 1.86 bits per heavy atom. The summed E-state index contributed by atoms with van der Waals surface area (Å²) in [7, 11) is 0. The molecular weight excluding hydrogens is 92.1 g/mol. The summed E-state index contributed by atoms with van der Waals surface area (Å²) in [6.07, 6.45) is 0.931. The van der Waals surface area contributed by atoms with E-state index >= 15 is 0 Å².